The molecule has 1 fully saturated rings. The van der Waals surface area contributed by atoms with E-state index < -0.39 is 23.9 Å². The molecule has 1 aliphatic heterocycles. The molecule has 0 radical (unpaired) electrons. The van der Waals surface area contributed by atoms with E-state index in [1.165, 1.54) is 4.90 Å². The maximum atomic E-state index is 13.0. The monoisotopic (exact) mass is 676 g/mol. The van der Waals surface area contributed by atoms with Crippen LogP contribution in [-0.2, 0) is 12.7 Å². The molecule has 49 heavy (non-hydrogen) atoms. The van der Waals surface area contributed by atoms with Crippen LogP contribution < -0.4 is 25.4 Å². The molecule has 2 aromatic carbocycles. The summed E-state index contributed by atoms with van der Waals surface area (Å²) in [6, 6.07) is 16.2. The van der Waals surface area contributed by atoms with Crippen molar-refractivity contribution >= 4 is 40.5 Å². The van der Waals surface area contributed by atoms with Crippen LogP contribution in [0, 0.1) is 0 Å². The molecule has 0 aliphatic carbocycles. The van der Waals surface area contributed by atoms with Gasteiger partial charge in [0.15, 0.2) is 11.5 Å². The standard InChI is InChI=1S/C33H31F3N8O5/c1-48-24-8-4-20(5-9-24)18-44-30-28(29(42-44)39-23-3-2-16-43(19-23)32(46)47)26(13-15-38-30)49-25-10-6-22(7-11-25)40-31(45)41-27-17-21(12-14-37-27)33(34,35)36/h4-15,17,23H,2-3,16,18-19H2,1H3,(H,39,42)(H,46,47)(H2,37,40,41,45)/t23-/m1/s1. The highest BCUT2D eigenvalue weighted by Crippen LogP contribution is 2.36. The van der Waals surface area contributed by atoms with E-state index in [0.29, 0.717) is 60.1 Å². The summed E-state index contributed by atoms with van der Waals surface area (Å²) < 4.78 is 52.3. The Balaban J connectivity index is 1.22. The molecule has 0 bridgehead atoms. The van der Waals surface area contributed by atoms with Crippen LogP contribution in [0.2, 0.25) is 0 Å². The molecule has 0 unspecified atom stereocenters. The topological polar surface area (TPSA) is 156 Å². The third-order valence-corrected chi connectivity index (χ3v) is 7.79. The molecule has 13 nitrogen and oxygen atoms in total. The van der Waals surface area contributed by atoms with Crippen LogP contribution in [0.1, 0.15) is 24.0 Å². The quantitative estimate of drug-likeness (QED) is 0.131. The van der Waals surface area contributed by atoms with Crippen LogP contribution >= 0.6 is 0 Å². The first kappa shape index (κ1) is 32.9. The number of hydrogen-bond acceptors (Lipinski definition) is 8. The molecule has 1 saturated heterocycles. The summed E-state index contributed by atoms with van der Waals surface area (Å²) in [5.41, 5.74) is 0.914. The fraction of sp³-hybridized carbons (Fsp3) is 0.242. The van der Waals surface area contributed by atoms with Crippen LogP contribution in [0.4, 0.5) is 40.1 Å². The zero-order valence-corrected chi connectivity index (χ0v) is 26.1. The number of carbonyl (C=O) groups excluding carboxylic acids is 1. The Kier molecular flexibility index (Phi) is 9.37. The number of fused-ring (bicyclic) bond motifs is 1. The van der Waals surface area contributed by atoms with Crippen LogP contribution in [0.15, 0.2) is 79.1 Å². The third kappa shape index (κ3) is 7.91. The van der Waals surface area contributed by atoms with E-state index in [0.717, 1.165) is 36.1 Å². The van der Waals surface area contributed by atoms with Crippen molar-refractivity contribution in [2.45, 2.75) is 31.6 Å². The summed E-state index contributed by atoms with van der Waals surface area (Å²) in [6.07, 6.45) is -1.54. The number of nitrogens with one attached hydrogen (secondary N) is 3. The molecular weight excluding hydrogens is 645 g/mol. The molecule has 0 spiro atoms. The highest BCUT2D eigenvalue weighted by atomic mass is 19.4. The van der Waals surface area contributed by atoms with Gasteiger partial charge in [-0.25, -0.2) is 24.2 Å². The number of halogens is 3. The predicted octanol–water partition coefficient (Wildman–Crippen LogP) is 6.89. The van der Waals surface area contributed by atoms with Crippen molar-refractivity contribution in [3.8, 4) is 17.2 Å². The van der Waals surface area contributed by atoms with Crippen molar-refractivity contribution < 1.29 is 37.3 Å². The molecule has 16 heteroatoms. The Morgan fingerprint density at radius 1 is 0.980 bits per heavy atom. The maximum Gasteiger partial charge on any atom is 0.416 e. The second-order valence-electron chi connectivity index (χ2n) is 11.2. The Bertz CT molecular complexity index is 1950. The van der Waals surface area contributed by atoms with E-state index in [-0.39, 0.29) is 11.9 Å². The van der Waals surface area contributed by atoms with Crippen molar-refractivity contribution in [2.75, 3.05) is 36.1 Å². The molecule has 0 saturated carbocycles. The molecular formula is C33H31F3N8O5. The Labute approximate surface area is 277 Å². The summed E-state index contributed by atoms with van der Waals surface area (Å²) in [5, 5.41) is 23.3. The SMILES string of the molecule is COc1ccc(Cn2nc(N[C@@H]3CCCN(C(=O)O)C3)c3c(Oc4ccc(NC(=O)Nc5cc(C(F)(F)F)ccn5)cc4)ccnc32)cc1. The number of likely N-dealkylation sites (tertiary alicyclic amines) is 1. The number of pyridine rings is 2. The van der Waals surface area contributed by atoms with E-state index in [9.17, 15) is 27.9 Å². The Morgan fingerprint density at radius 2 is 1.71 bits per heavy atom. The average molecular weight is 677 g/mol. The zero-order chi connectivity index (χ0) is 34.5. The van der Waals surface area contributed by atoms with Gasteiger partial charge in [0, 0.05) is 43.3 Å². The lowest BCUT2D eigenvalue weighted by Crippen LogP contribution is -2.44. The molecule has 3 aromatic heterocycles. The van der Waals surface area contributed by atoms with Gasteiger partial charge >= 0.3 is 18.3 Å². The van der Waals surface area contributed by atoms with Gasteiger partial charge in [0.1, 0.15) is 28.5 Å². The summed E-state index contributed by atoms with van der Waals surface area (Å²) >= 11 is 0. The number of ether oxygens (including phenoxy) is 2. The smallest absolute Gasteiger partial charge is 0.416 e. The first-order valence-electron chi connectivity index (χ1n) is 15.2. The van der Waals surface area contributed by atoms with E-state index in [2.05, 4.69) is 25.9 Å². The highest BCUT2D eigenvalue weighted by molar-refractivity contribution is 5.99. The van der Waals surface area contributed by atoms with Crippen molar-refractivity contribution in [1.82, 2.24) is 24.6 Å². The minimum absolute atomic E-state index is 0.187. The number of amides is 3. The first-order chi connectivity index (χ1) is 23.6. The number of nitrogens with zero attached hydrogens (tertiary/aromatic N) is 5. The molecule has 254 valence electrons. The lowest BCUT2D eigenvalue weighted by Gasteiger charge is -2.31. The Morgan fingerprint density at radius 3 is 2.43 bits per heavy atom. The number of aromatic nitrogens is 4. The molecule has 6 rings (SSSR count). The van der Waals surface area contributed by atoms with Gasteiger partial charge in [0.05, 0.1) is 19.2 Å². The van der Waals surface area contributed by atoms with Crippen LogP contribution in [-0.4, -0.2) is 68.1 Å². The van der Waals surface area contributed by atoms with E-state index in [4.69, 9.17) is 14.6 Å². The molecule has 4 N–H and O–H groups in total. The number of anilines is 3. The van der Waals surface area contributed by atoms with Gasteiger partial charge in [-0.05, 0) is 66.9 Å². The molecule has 3 amide bonds. The fourth-order valence-corrected chi connectivity index (χ4v) is 5.42. The normalized spacial score (nSPS) is 14.7. The number of rotatable bonds is 9. The van der Waals surface area contributed by atoms with E-state index >= 15 is 0 Å². The number of carbonyl (C=O) groups is 2. The molecule has 5 aromatic rings. The van der Waals surface area contributed by atoms with Crippen LogP contribution in [0.5, 0.6) is 17.2 Å². The van der Waals surface area contributed by atoms with Gasteiger partial charge in [-0.2, -0.15) is 18.3 Å². The number of piperidine rings is 1. The lowest BCUT2D eigenvalue weighted by molar-refractivity contribution is -0.137. The second-order valence-corrected chi connectivity index (χ2v) is 11.2. The Hall–Kier alpha value is -6.06. The maximum absolute atomic E-state index is 13.0. The number of benzene rings is 2. The van der Waals surface area contributed by atoms with Gasteiger partial charge in [-0.1, -0.05) is 12.1 Å². The van der Waals surface area contributed by atoms with Gasteiger partial charge in [-0.15, -0.1) is 0 Å². The largest absolute Gasteiger partial charge is 0.497 e. The van der Waals surface area contributed by atoms with Crippen LogP contribution in [0.3, 0.4) is 0 Å². The summed E-state index contributed by atoms with van der Waals surface area (Å²) in [5.74, 6) is 1.81. The first-order valence-corrected chi connectivity index (χ1v) is 15.2. The van der Waals surface area contributed by atoms with Crippen molar-refractivity contribution in [2.24, 2.45) is 0 Å². The second kappa shape index (κ2) is 14.0. The lowest BCUT2D eigenvalue weighted by atomic mass is 10.1. The zero-order valence-electron chi connectivity index (χ0n) is 26.1. The highest BCUT2D eigenvalue weighted by Gasteiger charge is 2.31. The van der Waals surface area contributed by atoms with Crippen molar-refractivity contribution in [1.29, 1.82) is 0 Å². The third-order valence-electron chi connectivity index (χ3n) is 7.79. The minimum Gasteiger partial charge on any atom is -0.497 e. The summed E-state index contributed by atoms with van der Waals surface area (Å²) in [7, 11) is 1.60. The van der Waals surface area contributed by atoms with Crippen molar-refractivity contribution in [3.05, 3.63) is 90.3 Å². The van der Waals surface area contributed by atoms with Crippen molar-refractivity contribution in [3.63, 3.8) is 0 Å². The van der Waals surface area contributed by atoms with Gasteiger partial charge in [0.2, 0.25) is 0 Å². The number of carboxylic acid groups (broad SMARTS) is 1. The summed E-state index contributed by atoms with van der Waals surface area (Å²) in [4.78, 5) is 33.8. The number of urea groups is 1. The molecule has 1 aliphatic rings. The fourth-order valence-electron chi connectivity index (χ4n) is 5.42. The number of methoxy groups -OCH3 is 1. The summed E-state index contributed by atoms with van der Waals surface area (Å²) in [6.45, 7) is 1.15. The van der Waals surface area contributed by atoms with E-state index in [1.54, 1.807) is 48.3 Å². The predicted molar refractivity (Wildman–Crippen MR) is 174 cm³/mol. The number of alkyl halides is 3. The van der Waals surface area contributed by atoms with Gasteiger partial charge in [-0.3, -0.25) is 5.32 Å². The average Bonchev–Trinajstić information content (AvgIpc) is 3.43. The van der Waals surface area contributed by atoms with E-state index in [1.807, 2.05) is 24.3 Å². The van der Waals surface area contributed by atoms with Gasteiger partial charge in [0.25, 0.3) is 0 Å². The minimum atomic E-state index is -4.57. The van der Waals surface area contributed by atoms with Crippen LogP contribution in [0.25, 0.3) is 11.0 Å². The van der Waals surface area contributed by atoms with Gasteiger partial charge < -0.3 is 30.1 Å². The molecule has 4 heterocycles. The molecule has 1 atom stereocenters. The number of hydrogen-bond donors (Lipinski definition) is 4.